The van der Waals surface area contributed by atoms with Gasteiger partial charge < -0.3 is 10.2 Å². The van der Waals surface area contributed by atoms with E-state index >= 15 is 0 Å². The molecular weight excluding hydrogens is 475 g/mol. The number of benzene rings is 2. The van der Waals surface area contributed by atoms with Crippen LogP contribution in [-0.4, -0.2) is 34.8 Å². The van der Waals surface area contributed by atoms with Crippen LogP contribution in [0.4, 0.5) is 18.9 Å². The predicted octanol–water partition coefficient (Wildman–Crippen LogP) is 6.47. The van der Waals surface area contributed by atoms with Crippen LogP contribution in [0.15, 0.2) is 60.5 Å². The Balaban J connectivity index is 1.40. The van der Waals surface area contributed by atoms with Crippen molar-refractivity contribution in [2.75, 3.05) is 18.4 Å². The Morgan fingerprint density at radius 3 is 2.34 bits per heavy atom. The zero-order valence-corrected chi connectivity index (χ0v) is 19.9. The minimum atomic E-state index is -4.59. The van der Waals surface area contributed by atoms with E-state index in [1.54, 1.807) is 11.4 Å². The minimum absolute atomic E-state index is 0.0335. The van der Waals surface area contributed by atoms with Crippen LogP contribution >= 0.6 is 11.3 Å². The van der Waals surface area contributed by atoms with Gasteiger partial charge in [-0.15, -0.1) is 11.3 Å². The average molecular weight is 500 g/mol. The number of rotatable bonds is 5. The summed E-state index contributed by atoms with van der Waals surface area (Å²) in [5.74, 6) is -0.907. The van der Waals surface area contributed by atoms with Gasteiger partial charge in [-0.25, -0.2) is 4.98 Å². The molecule has 0 bridgehead atoms. The zero-order chi connectivity index (χ0) is 25.2. The second-order valence-corrected chi connectivity index (χ2v) is 9.35. The quantitative estimate of drug-likeness (QED) is 0.438. The fraction of sp³-hybridized carbons (Fsp3) is 0.269. The van der Waals surface area contributed by atoms with E-state index in [-0.39, 0.29) is 17.4 Å². The molecular formula is C26H24F3N3O2S. The lowest BCUT2D eigenvalue weighted by Gasteiger charge is -2.31. The Bertz CT molecular complexity index is 1260. The van der Waals surface area contributed by atoms with Crippen molar-refractivity contribution in [2.45, 2.75) is 31.9 Å². The van der Waals surface area contributed by atoms with Gasteiger partial charge in [0.1, 0.15) is 5.69 Å². The normalized spacial score (nSPS) is 14.6. The molecule has 0 spiro atoms. The summed E-state index contributed by atoms with van der Waals surface area (Å²) in [5, 5.41) is 5.36. The maximum atomic E-state index is 13.3. The number of anilines is 1. The number of piperidine rings is 1. The Kier molecular flexibility index (Phi) is 7.07. The molecule has 0 radical (unpaired) electrons. The average Bonchev–Trinajstić information content (AvgIpc) is 3.34. The smallest absolute Gasteiger partial charge is 0.339 e. The van der Waals surface area contributed by atoms with Crippen molar-refractivity contribution in [1.82, 2.24) is 9.88 Å². The van der Waals surface area contributed by atoms with Crippen molar-refractivity contribution < 1.29 is 22.8 Å². The summed E-state index contributed by atoms with van der Waals surface area (Å²) in [6.45, 7) is 6.45. The summed E-state index contributed by atoms with van der Waals surface area (Å²) in [6, 6.07) is 12.2. The van der Waals surface area contributed by atoms with Crippen LogP contribution in [0.5, 0.6) is 0 Å². The van der Waals surface area contributed by atoms with Gasteiger partial charge >= 0.3 is 6.18 Å². The topological polar surface area (TPSA) is 62.3 Å². The Morgan fingerprint density at radius 2 is 1.69 bits per heavy atom. The van der Waals surface area contributed by atoms with E-state index in [0.717, 1.165) is 22.2 Å². The second kappa shape index (κ2) is 10.0. The van der Waals surface area contributed by atoms with Crippen molar-refractivity contribution in [3.8, 4) is 0 Å². The summed E-state index contributed by atoms with van der Waals surface area (Å²) in [7, 11) is 0. The first-order valence-corrected chi connectivity index (χ1v) is 12.0. The monoisotopic (exact) mass is 499 g/mol. The number of hydrogen-bond acceptors (Lipinski definition) is 4. The van der Waals surface area contributed by atoms with Crippen LogP contribution in [0.3, 0.4) is 0 Å². The molecule has 2 amide bonds. The molecule has 182 valence electrons. The first-order chi connectivity index (χ1) is 16.6. The number of hydrogen-bond donors (Lipinski definition) is 1. The Hall–Kier alpha value is -3.46. The Labute approximate surface area is 205 Å². The van der Waals surface area contributed by atoms with Gasteiger partial charge in [0.05, 0.1) is 16.1 Å². The first-order valence-electron chi connectivity index (χ1n) is 11.1. The fourth-order valence-electron chi connectivity index (χ4n) is 4.15. The van der Waals surface area contributed by atoms with E-state index in [0.29, 0.717) is 37.3 Å². The third-order valence-electron chi connectivity index (χ3n) is 5.98. The van der Waals surface area contributed by atoms with Crippen molar-refractivity contribution >= 4 is 34.4 Å². The molecule has 0 saturated carbocycles. The molecule has 1 aliphatic rings. The summed E-state index contributed by atoms with van der Waals surface area (Å²) in [4.78, 5) is 31.5. The lowest BCUT2D eigenvalue weighted by Crippen LogP contribution is -2.38. The molecule has 4 rings (SSSR count). The highest BCUT2D eigenvalue weighted by molar-refractivity contribution is 7.10. The SMILES string of the molecule is C=C(C)c1ccccc1NC(=O)c1csc(C2CCN(C(=O)c3ccccc3C(F)(F)F)CC2)n1. The van der Waals surface area contributed by atoms with Crippen LogP contribution in [0.25, 0.3) is 5.57 Å². The number of halogens is 3. The second-order valence-electron chi connectivity index (χ2n) is 8.46. The highest BCUT2D eigenvalue weighted by atomic mass is 32.1. The number of carbonyl (C=O) groups excluding carboxylic acids is 2. The van der Waals surface area contributed by atoms with Gasteiger partial charge in [0.25, 0.3) is 11.8 Å². The minimum Gasteiger partial charge on any atom is -0.339 e. The van der Waals surface area contributed by atoms with Crippen LogP contribution in [-0.2, 0) is 6.18 Å². The van der Waals surface area contributed by atoms with Crippen LogP contribution in [0.2, 0.25) is 0 Å². The third-order valence-corrected chi connectivity index (χ3v) is 6.99. The van der Waals surface area contributed by atoms with Crippen molar-refractivity contribution in [1.29, 1.82) is 0 Å². The molecule has 1 N–H and O–H groups in total. The maximum absolute atomic E-state index is 13.3. The van der Waals surface area contributed by atoms with Crippen molar-refractivity contribution in [3.63, 3.8) is 0 Å². The number of aromatic nitrogens is 1. The lowest BCUT2D eigenvalue weighted by molar-refractivity contribution is -0.138. The zero-order valence-electron chi connectivity index (χ0n) is 19.1. The van der Waals surface area contributed by atoms with Gasteiger partial charge in [-0.2, -0.15) is 13.2 Å². The fourth-order valence-corrected chi connectivity index (χ4v) is 5.12. The summed E-state index contributed by atoms with van der Waals surface area (Å²) >= 11 is 1.38. The number of thiazole rings is 1. The largest absolute Gasteiger partial charge is 0.417 e. The number of likely N-dealkylation sites (tertiary alicyclic amines) is 1. The van der Waals surface area contributed by atoms with Crippen LogP contribution in [0.1, 0.15) is 62.7 Å². The molecule has 2 aromatic carbocycles. The van der Waals surface area contributed by atoms with Crippen molar-refractivity contribution in [2.24, 2.45) is 0 Å². The Morgan fingerprint density at radius 1 is 1.06 bits per heavy atom. The maximum Gasteiger partial charge on any atom is 0.417 e. The standard InChI is InChI=1S/C26H24F3N3O2S/c1-16(2)18-7-4-6-10-21(18)30-23(33)22-15-35-24(31-22)17-11-13-32(14-12-17)25(34)19-8-3-5-9-20(19)26(27,28)29/h3-10,15,17H,1,11-14H2,2H3,(H,30,33). The summed E-state index contributed by atoms with van der Waals surface area (Å²) < 4.78 is 39.9. The van der Waals surface area contributed by atoms with E-state index in [1.807, 2.05) is 25.1 Å². The van der Waals surface area contributed by atoms with Gasteiger partial charge in [-0.1, -0.05) is 36.9 Å². The van der Waals surface area contributed by atoms with E-state index in [2.05, 4.69) is 16.9 Å². The number of amides is 2. The van der Waals surface area contributed by atoms with E-state index in [9.17, 15) is 22.8 Å². The molecule has 3 aromatic rings. The third kappa shape index (κ3) is 5.45. The van der Waals surface area contributed by atoms with Gasteiger partial charge in [0.15, 0.2) is 0 Å². The number of alkyl halides is 3. The number of nitrogens with zero attached hydrogens (tertiary/aromatic N) is 2. The predicted molar refractivity (Wildman–Crippen MR) is 131 cm³/mol. The van der Waals surface area contributed by atoms with Gasteiger partial charge in [0, 0.05) is 35.6 Å². The molecule has 35 heavy (non-hydrogen) atoms. The molecule has 0 unspecified atom stereocenters. The van der Waals surface area contributed by atoms with E-state index < -0.39 is 17.6 Å². The van der Waals surface area contributed by atoms with Crippen molar-refractivity contribution in [3.05, 3.63) is 87.9 Å². The number of nitrogens with one attached hydrogen (secondary N) is 1. The summed E-state index contributed by atoms with van der Waals surface area (Å²) in [5.41, 5.74) is 1.39. The van der Waals surface area contributed by atoms with Crippen LogP contribution < -0.4 is 5.32 Å². The van der Waals surface area contributed by atoms with Gasteiger partial charge in [0.2, 0.25) is 0 Å². The first kappa shape index (κ1) is 24.7. The van der Waals surface area contributed by atoms with Gasteiger partial charge in [-0.3, -0.25) is 9.59 Å². The van der Waals surface area contributed by atoms with Gasteiger partial charge in [-0.05, 0) is 43.5 Å². The highest BCUT2D eigenvalue weighted by Gasteiger charge is 2.36. The molecule has 5 nitrogen and oxygen atoms in total. The number of para-hydroxylation sites is 1. The van der Waals surface area contributed by atoms with Crippen LogP contribution in [0, 0.1) is 0 Å². The molecule has 1 fully saturated rings. The molecule has 1 aromatic heterocycles. The molecule has 1 saturated heterocycles. The molecule has 0 atom stereocenters. The molecule has 2 heterocycles. The lowest BCUT2D eigenvalue weighted by atomic mass is 9.96. The number of carbonyl (C=O) groups is 2. The highest BCUT2D eigenvalue weighted by Crippen LogP contribution is 2.35. The molecule has 1 aliphatic heterocycles. The number of allylic oxidation sites excluding steroid dienone is 1. The molecule has 9 heteroatoms. The molecule has 0 aliphatic carbocycles. The summed E-state index contributed by atoms with van der Waals surface area (Å²) in [6.07, 6.45) is -3.46. The van der Waals surface area contributed by atoms with E-state index in [1.165, 1.54) is 34.4 Å². The van der Waals surface area contributed by atoms with E-state index in [4.69, 9.17) is 0 Å².